The summed E-state index contributed by atoms with van der Waals surface area (Å²) in [5.74, 6) is -0.530. The maximum absolute atomic E-state index is 13.0. The number of hydrogen-bond acceptors (Lipinski definition) is 3. The number of halogens is 4. The van der Waals surface area contributed by atoms with Crippen LogP contribution in [0.4, 0.5) is 13.2 Å². The Hall–Kier alpha value is -1.86. The molecule has 8 heteroatoms. The Morgan fingerprint density at radius 1 is 1.26 bits per heavy atom. The van der Waals surface area contributed by atoms with Gasteiger partial charge in [-0.3, -0.25) is 4.79 Å². The molecule has 3 nitrogen and oxygen atoms in total. The second-order valence-electron chi connectivity index (χ2n) is 4.91. The van der Waals surface area contributed by atoms with Crippen molar-refractivity contribution < 1.29 is 18.0 Å². The van der Waals surface area contributed by atoms with Gasteiger partial charge in [0, 0.05) is 16.8 Å². The predicted octanol–water partition coefficient (Wildman–Crippen LogP) is 3.71. The second kappa shape index (κ2) is 5.65. The number of carbonyl (C=O) groups excluding carboxylic acids is 1. The number of alkyl halides is 3. The van der Waals surface area contributed by atoms with Gasteiger partial charge in [-0.1, -0.05) is 29.8 Å². The molecule has 1 aromatic carbocycles. The van der Waals surface area contributed by atoms with Crippen LogP contribution in [-0.4, -0.2) is 22.5 Å². The van der Waals surface area contributed by atoms with Crippen LogP contribution in [0.2, 0.25) is 5.02 Å². The van der Waals surface area contributed by atoms with Gasteiger partial charge in [0.2, 0.25) is 0 Å². The Morgan fingerprint density at radius 2 is 1.96 bits per heavy atom. The minimum absolute atomic E-state index is 0.0759. The summed E-state index contributed by atoms with van der Waals surface area (Å²) in [5, 5.41) is 2.86. The number of carbonyl (C=O) groups is 1. The molecule has 0 fully saturated rings. The number of allylic oxidation sites excluding steroid dienone is 3. The van der Waals surface area contributed by atoms with E-state index in [1.54, 1.807) is 24.3 Å². The highest BCUT2D eigenvalue weighted by atomic mass is 35.5. The lowest BCUT2D eigenvalue weighted by Gasteiger charge is -2.37. The predicted molar refractivity (Wildman–Crippen MR) is 84.4 cm³/mol. The Morgan fingerprint density at radius 3 is 2.61 bits per heavy atom. The van der Waals surface area contributed by atoms with Gasteiger partial charge < -0.3 is 10.2 Å². The molecule has 23 heavy (non-hydrogen) atoms. The molecule has 1 aromatic rings. The third-order valence-electron chi connectivity index (χ3n) is 3.46. The number of nitrogens with zero attached hydrogens (tertiary/aromatic N) is 1. The zero-order chi connectivity index (χ0) is 16.8. The van der Waals surface area contributed by atoms with Gasteiger partial charge in [0.25, 0.3) is 5.91 Å². The summed E-state index contributed by atoms with van der Waals surface area (Å²) >= 11 is 10.3. The second-order valence-corrected chi connectivity index (χ2v) is 5.80. The largest absolute Gasteiger partial charge is 0.416 e. The minimum Gasteiger partial charge on any atom is -0.323 e. The van der Waals surface area contributed by atoms with Crippen molar-refractivity contribution in [3.8, 4) is 0 Å². The third kappa shape index (κ3) is 2.86. The highest BCUT2D eigenvalue weighted by Crippen LogP contribution is 2.38. The molecule has 0 aromatic heterocycles. The molecule has 0 radical (unpaired) electrons. The van der Waals surface area contributed by atoms with E-state index in [1.807, 2.05) is 0 Å². The first-order valence-corrected chi connectivity index (χ1v) is 7.42. The Kier molecular flexibility index (Phi) is 3.93. The summed E-state index contributed by atoms with van der Waals surface area (Å²) in [6.45, 7) is 0. The van der Waals surface area contributed by atoms with Gasteiger partial charge in [-0.25, -0.2) is 0 Å². The van der Waals surface area contributed by atoms with Crippen molar-refractivity contribution in [1.82, 2.24) is 10.2 Å². The molecular formula is C15H10ClF3N2OS. The standard InChI is InChI=1S/C15H10ClF3N2OS/c16-10-4-2-1-3-9(10)12-11-7-8(15(17,18)19)5-6-21(11)14(23)20-13(12)22/h1-7,14,23H,(H,20,22). The molecule has 2 aliphatic heterocycles. The summed E-state index contributed by atoms with van der Waals surface area (Å²) in [6.07, 6.45) is -1.40. The topological polar surface area (TPSA) is 32.3 Å². The normalized spacial score (nSPS) is 21.1. The lowest BCUT2D eigenvalue weighted by molar-refractivity contribution is -0.117. The monoisotopic (exact) mass is 358 g/mol. The van der Waals surface area contributed by atoms with Crippen LogP contribution in [-0.2, 0) is 4.79 Å². The van der Waals surface area contributed by atoms with E-state index < -0.39 is 23.2 Å². The van der Waals surface area contributed by atoms with Crippen molar-refractivity contribution in [2.24, 2.45) is 0 Å². The lowest BCUT2D eigenvalue weighted by atomic mass is 9.97. The van der Waals surface area contributed by atoms with Gasteiger partial charge in [-0.05, 0) is 18.2 Å². The first-order chi connectivity index (χ1) is 10.8. The molecule has 0 bridgehead atoms. The zero-order valence-electron chi connectivity index (χ0n) is 11.4. The van der Waals surface area contributed by atoms with Crippen LogP contribution in [0.1, 0.15) is 5.56 Å². The molecule has 0 aliphatic carbocycles. The molecule has 1 unspecified atom stereocenters. The molecule has 1 amide bonds. The first kappa shape index (κ1) is 16.0. The fourth-order valence-corrected chi connectivity index (χ4v) is 2.95. The Bertz CT molecular complexity index is 770. The van der Waals surface area contributed by atoms with Crippen molar-refractivity contribution in [2.45, 2.75) is 11.7 Å². The highest BCUT2D eigenvalue weighted by Gasteiger charge is 2.38. The number of fused-ring (bicyclic) bond motifs is 1. The summed E-state index contributed by atoms with van der Waals surface area (Å²) < 4.78 is 39.0. The molecule has 2 heterocycles. The van der Waals surface area contributed by atoms with Gasteiger partial charge in [-0.15, -0.1) is 12.6 Å². The molecule has 3 rings (SSSR count). The van der Waals surface area contributed by atoms with Gasteiger partial charge in [-0.2, -0.15) is 13.2 Å². The number of amides is 1. The number of nitrogens with one attached hydrogen (secondary N) is 1. The van der Waals surface area contributed by atoms with Crippen molar-refractivity contribution in [2.75, 3.05) is 0 Å². The molecule has 1 atom stereocenters. The highest BCUT2D eigenvalue weighted by molar-refractivity contribution is 7.80. The van der Waals surface area contributed by atoms with Crippen LogP contribution in [0.25, 0.3) is 5.57 Å². The third-order valence-corrected chi connectivity index (χ3v) is 4.17. The number of thiol groups is 1. The Balaban J connectivity index is 2.24. The van der Waals surface area contributed by atoms with Crippen LogP contribution in [0.5, 0.6) is 0 Å². The smallest absolute Gasteiger partial charge is 0.323 e. The maximum Gasteiger partial charge on any atom is 0.416 e. The van der Waals surface area contributed by atoms with Crippen molar-refractivity contribution in [3.63, 3.8) is 0 Å². The number of rotatable bonds is 1. The van der Waals surface area contributed by atoms with E-state index in [-0.39, 0.29) is 16.3 Å². The van der Waals surface area contributed by atoms with E-state index in [2.05, 4.69) is 17.9 Å². The summed E-state index contributed by atoms with van der Waals surface area (Å²) in [7, 11) is 0. The van der Waals surface area contributed by atoms with E-state index in [9.17, 15) is 18.0 Å². The van der Waals surface area contributed by atoms with E-state index in [1.165, 1.54) is 11.1 Å². The van der Waals surface area contributed by atoms with E-state index in [0.717, 1.165) is 12.2 Å². The quantitative estimate of drug-likeness (QED) is 0.750. The van der Waals surface area contributed by atoms with Crippen molar-refractivity contribution >= 4 is 35.7 Å². The minimum atomic E-state index is -4.51. The number of hydrogen-bond donors (Lipinski definition) is 2. The van der Waals surface area contributed by atoms with E-state index in [0.29, 0.717) is 5.56 Å². The Labute approximate surface area is 140 Å². The number of benzene rings is 1. The van der Waals surface area contributed by atoms with Gasteiger partial charge >= 0.3 is 6.18 Å². The van der Waals surface area contributed by atoms with Crippen LogP contribution < -0.4 is 5.32 Å². The lowest BCUT2D eigenvalue weighted by Crippen LogP contribution is -2.47. The van der Waals surface area contributed by atoms with E-state index >= 15 is 0 Å². The molecule has 2 aliphatic rings. The van der Waals surface area contributed by atoms with Gasteiger partial charge in [0.1, 0.15) is 0 Å². The first-order valence-electron chi connectivity index (χ1n) is 6.52. The summed E-state index contributed by atoms with van der Waals surface area (Å²) in [5.41, 5.74) is -1.06. The fraction of sp³-hybridized carbons (Fsp3) is 0.133. The van der Waals surface area contributed by atoms with Crippen molar-refractivity contribution in [1.29, 1.82) is 0 Å². The zero-order valence-corrected chi connectivity index (χ0v) is 13.1. The molecule has 0 saturated heterocycles. The van der Waals surface area contributed by atoms with Crippen LogP contribution >= 0.6 is 24.2 Å². The summed E-state index contributed by atoms with van der Waals surface area (Å²) in [6, 6.07) is 6.49. The van der Waals surface area contributed by atoms with Gasteiger partial charge in [0.05, 0.1) is 16.8 Å². The van der Waals surface area contributed by atoms with Crippen LogP contribution in [0, 0.1) is 0 Å². The van der Waals surface area contributed by atoms with Gasteiger partial charge in [0.15, 0.2) is 5.50 Å². The molecule has 0 spiro atoms. The van der Waals surface area contributed by atoms with E-state index in [4.69, 9.17) is 11.6 Å². The summed E-state index contributed by atoms with van der Waals surface area (Å²) in [4.78, 5) is 13.8. The average molecular weight is 359 g/mol. The fourth-order valence-electron chi connectivity index (χ4n) is 2.40. The molecule has 1 N–H and O–H groups in total. The maximum atomic E-state index is 13.0. The SMILES string of the molecule is O=C1NC(S)N2C=CC(C(F)(F)F)=CC2=C1c1ccccc1Cl. The van der Waals surface area contributed by atoms with Crippen LogP contribution in [0.3, 0.4) is 0 Å². The molecule has 120 valence electrons. The van der Waals surface area contributed by atoms with Crippen molar-refractivity contribution in [3.05, 3.63) is 64.5 Å². The average Bonchev–Trinajstić information content (AvgIpc) is 2.47. The molecular weight excluding hydrogens is 349 g/mol. The van der Waals surface area contributed by atoms with Crippen LogP contribution in [0.15, 0.2) is 53.9 Å². The molecule has 0 saturated carbocycles.